The van der Waals surface area contributed by atoms with E-state index in [-0.39, 0.29) is 0 Å². The van der Waals surface area contributed by atoms with Crippen molar-refractivity contribution in [3.05, 3.63) is 22.4 Å². The maximum atomic E-state index is 3.62. The molecule has 3 atom stereocenters. The summed E-state index contributed by atoms with van der Waals surface area (Å²) in [5.41, 5.74) is 0. The van der Waals surface area contributed by atoms with E-state index in [0.717, 1.165) is 25.0 Å². The van der Waals surface area contributed by atoms with Gasteiger partial charge in [-0.25, -0.2) is 0 Å². The first-order valence-electron chi connectivity index (χ1n) is 8.41. The highest BCUT2D eigenvalue weighted by atomic mass is 32.1. The topological polar surface area (TPSA) is 18.5 Å². The standard InChI is InChI=1S/C17H29N3S/c1-14(11-18-12-16-6-4-10-21-16)20-9-7-17-15(13-20)5-3-8-19(17)2/h4,6,10,14-15,17-18H,3,5,7-9,11-13H2,1-2H3. The average molecular weight is 308 g/mol. The van der Waals surface area contributed by atoms with Crippen LogP contribution in [0, 0.1) is 5.92 Å². The van der Waals surface area contributed by atoms with Crippen LogP contribution in [0.5, 0.6) is 0 Å². The van der Waals surface area contributed by atoms with E-state index >= 15 is 0 Å². The maximum Gasteiger partial charge on any atom is 0.0300 e. The minimum absolute atomic E-state index is 0.651. The molecule has 3 unspecified atom stereocenters. The Balaban J connectivity index is 1.44. The van der Waals surface area contributed by atoms with Gasteiger partial charge in [0.15, 0.2) is 0 Å². The van der Waals surface area contributed by atoms with Crippen LogP contribution in [0.3, 0.4) is 0 Å². The van der Waals surface area contributed by atoms with E-state index < -0.39 is 0 Å². The van der Waals surface area contributed by atoms with E-state index in [1.54, 1.807) is 0 Å². The third-order valence-electron chi connectivity index (χ3n) is 5.32. The van der Waals surface area contributed by atoms with Crippen molar-refractivity contribution < 1.29 is 0 Å². The zero-order valence-electron chi connectivity index (χ0n) is 13.4. The van der Waals surface area contributed by atoms with E-state index in [4.69, 9.17) is 0 Å². The van der Waals surface area contributed by atoms with Gasteiger partial charge >= 0.3 is 0 Å². The van der Waals surface area contributed by atoms with Crippen LogP contribution in [0.25, 0.3) is 0 Å². The molecule has 2 aliphatic rings. The summed E-state index contributed by atoms with van der Waals surface area (Å²) in [7, 11) is 2.32. The van der Waals surface area contributed by atoms with Gasteiger partial charge in [-0.3, -0.25) is 4.90 Å². The van der Waals surface area contributed by atoms with Crippen LogP contribution in [0.1, 0.15) is 31.1 Å². The molecule has 3 nitrogen and oxygen atoms in total. The van der Waals surface area contributed by atoms with Gasteiger partial charge in [-0.05, 0) is 63.7 Å². The highest BCUT2D eigenvalue weighted by molar-refractivity contribution is 7.09. The van der Waals surface area contributed by atoms with Gasteiger partial charge in [0.1, 0.15) is 0 Å². The number of rotatable bonds is 5. The molecule has 4 heteroatoms. The fourth-order valence-corrected chi connectivity index (χ4v) is 4.70. The van der Waals surface area contributed by atoms with Gasteiger partial charge < -0.3 is 10.2 Å². The predicted octanol–water partition coefficient (Wildman–Crippen LogP) is 2.64. The summed E-state index contributed by atoms with van der Waals surface area (Å²) in [6, 6.07) is 5.85. The SMILES string of the molecule is CC(CNCc1cccs1)N1CCC2C(CCCN2C)C1. The van der Waals surface area contributed by atoms with E-state index in [0.29, 0.717) is 6.04 Å². The molecule has 0 bridgehead atoms. The highest BCUT2D eigenvalue weighted by Gasteiger charge is 2.35. The minimum Gasteiger partial charge on any atom is -0.310 e. The lowest BCUT2D eigenvalue weighted by molar-refractivity contribution is 0.0233. The second-order valence-electron chi connectivity index (χ2n) is 6.79. The molecule has 118 valence electrons. The fourth-order valence-electron chi connectivity index (χ4n) is 4.03. The van der Waals surface area contributed by atoms with Gasteiger partial charge in [-0.2, -0.15) is 0 Å². The molecule has 3 rings (SSSR count). The Hall–Kier alpha value is -0.420. The predicted molar refractivity (Wildman–Crippen MR) is 90.8 cm³/mol. The van der Waals surface area contributed by atoms with Crippen LogP contribution in [0.15, 0.2) is 17.5 Å². The summed E-state index contributed by atoms with van der Waals surface area (Å²) >= 11 is 1.84. The Morgan fingerprint density at radius 2 is 2.29 bits per heavy atom. The monoisotopic (exact) mass is 307 g/mol. The number of piperidine rings is 2. The second-order valence-corrected chi connectivity index (χ2v) is 7.83. The largest absolute Gasteiger partial charge is 0.310 e. The summed E-state index contributed by atoms with van der Waals surface area (Å²) in [4.78, 5) is 6.75. The van der Waals surface area contributed by atoms with Crippen molar-refractivity contribution in [2.75, 3.05) is 33.2 Å². The van der Waals surface area contributed by atoms with E-state index in [1.165, 1.54) is 43.8 Å². The minimum atomic E-state index is 0.651. The molecule has 0 aliphatic carbocycles. The summed E-state index contributed by atoms with van der Waals surface area (Å²) in [5.74, 6) is 0.900. The van der Waals surface area contributed by atoms with Crippen molar-refractivity contribution >= 4 is 11.3 Å². The number of thiophene rings is 1. The van der Waals surface area contributed by atoms with Crippen LogP contribution < -0.4 is 5.32 Å². The first kappa shape index (κ1) is 15.5. The fraction of sp³-hybridized carbons (Fsp3) is 0.765. The molecule has 0 saturated carbocycles. The van der Waals surface area contributed by atoms with Crippen LogP contribution in [-0.4, -0.2) is 55.1 Å². The Morgan fingerprint density at radius 3 is 3.10 bits per heavy atom. The molecule has 0 amide bonds. The molecule has 2 saturated heterocycles. The lowest BCUT2D eigenvalue weighted by Gasteiger charge is -2.47. The Morgan fingerprint density at radius 1 is 1.38 bits per heavy atom. The average Bonchev–Trinajstić information content (AvgIpc) is 3.00. The van der Waals surface area contributed by atoms with Crippen molar-refractivity contribution in [1.29, 1.82) is 0 Å². The normalized spacial score (nSPS) is 29.2. The lowest BCUT2D eigenvalue weighted by atomic mass is 9.84. The first-order valence-corrected chi connectivity index (χ1v) is 9.29. The maximum absolute atomic E-state index is 3.62. The van der Waals surface area contributed by atoms with Gasteiger partial charge in [0, 0.05) is 36.6 Å². The summed E-state index contributed by atoms with van der Waals surface area (Å²) in [6.07, 6.45) is 4.17. The molecular formula is C17H29N3S. The van der Waals surface area contributed by atoms with Crippen molar-refractivity contribution in [2.45, 2.75) is 44.8 Å². The Kier molecular flexibility index (Phi) is 5.33. The zero-order chi connectivity index (χ0) is 14.7. The van der Waals surface area contributed by atoms with Crippen molar-refractivity contribution in [3.8, 4) is 0 Å². The summed E-state index contributed by atoms with van der Waals surface area (Å²) in [6.45, 7) is 8.38. The van der Waals surface area contributed by atoms with Gasteiger partial charge in [0.25, 0.3) is 0 Å². The molecule has 1 aromatic rings. The second kappa shape index (κ2) is 7.23. The molecule has 2 fully saturated rings. The van der Waals surface area contributed by atoms with Crippen molar-refractivity contribution in [1.82, 2.24) is 15.1 Å². The quantitative estimate of drug-likeness (QED) is 0.902. The zero-order valence-corrected chi connectivity index (χ0v) is 14.2. The lowest BCUT2D eigenvalue weighted by Crippen LogP contribution is -2.55. The summed E-state index contributed by atoms with van der Waals surface area (Å²) < 4.78 is 0. The Labute approximate surface area is 133 Å². The molecule has 3 heterocycles. The smallest absolute Gasteiger partial charge is 0.0300 e. The van der Waals surface area contributed by atoms with E-state index in [1.807, 2.05) is 11.3 Å². The van der Waals surface area contributed by atoms with Crippen LogP contribution in [-0.2, 0) is 6.54 Å². The number of nitrogens with zero attached hydrogens (tertiary/aromatic N) is 2. The van der Waals surface area contributed by atoms with Crippen molar-refractivity contribution in [3.63, 3.8) is 0 Å². The van der Waals surface area contributed by atoms with Crippen molar-refractivity contribution in [2.24, 2.45) is 5.92 Å². The Bertz CT molecular complexity index is 420. The molecular weight excluding hydrogens is 278 g/mol. The number of hydrogen-bond acceptors (Lipinski definition) is 4. The van der Waals surface area contributed by atoms with E-state index in [9.17, 15) is 0 Å². The highest BCUT2D eigenvalue weighted by Crippen LogP contribution is 2.30. The molecule has 2 aliphatic heterocycles. The molecule has 21 heavy (non-hydrogen) atoms. The number of nitrogens with one attached hydrogen (secondary N) is 1. The van der Waals surface area contributed by atoms with E-state index in [2.05, 4.69) is 46.6 Å². The number of likely N-dealkylation sites (tertiary alicyclic amines) is 2. The third-order valence-corrected chi connectivity index (χ3v) is 6.20. The number of fused-ring (bicyclic) bond motifs is 1. The molecule has 0 spiro atoms. The van der Waals surface area contributed by atoms with Gasteiger partial charge in [0.2, 0.25) is 0 Å². The summed E-state index contributed by atoms with van der Waals surface area (Å²) in [5, 5.41) is 5.78. The first-order chi connectivity index (χ1) is 10.2. The molecule has 1 aromatic heterocycles. The van der Waals surface area contributed by atoms with Gasteiger partial charge in [-0.15, -0.1) is 11.3 Å². The van der Waals surface area contributed by atoms with Crippen LogP contribution in [0.4, 0.5) is 0 Å². The van der Waals surface area contributed by atoms with Gasteiger partial charge in [-0.1, -0.05) is 6.07 Å². The van der Waals surface area contributed by atoms with Crippen LogP contribution >= 0.6 is 11.3 Å². The molecule has 0 aromatic carbocycles. The van der Waals surface area contributed by atoms with Crippen LogP contribution in [0.2, 0.25) is 0 Å². The molecule has 0 radical (unpaired) electrons. The third kappa shape index (κ3) is 3.86. The van der Waals surface area contributed by atoms with Gasteiger partial charge in [0.05, 0.1) is 0 Å². The molecule has 1 N–H and O–H groups in total. The number of hydrogen-bond donors (Lipinski definition) is 1.